The molecular weight excluding hydrogens is 260 g/mol. The Kier molecular flexibility index (Phi) is 5.72. The molecule has 0 spiro atoms. The van der Waals surface area contributed by atoms with E-state index in [9.17, 15) is 4.79 Å². The van der Waals surface area contributed by atoms with Gasteiger partial charge in [-0.05, 0) is 6.42 Å². The molecule has 1 fully saturated rings. The molecule has 2 rings (SSSR count). The lowest BCUT2D eigenvalue weighted by molar-refractivity contribution is 0.314. The third-order valence-corrected chi connectivity index (χ3v) is 4.14. The van der Waals surface area contributed by atoms with E-state index >= 15 is 0 Å². The molecule has 19 heavy (non-hydrogen) atoms. The highest BCUT2D eigenvalue weighted by Gasteiger charge is 2.10. The number of anilines is 1. The number of hydrogen-bond donors (Lipinski definition) is 1. The summed E-state index contributed by atoms with van der Waals surface area (Å²) in [6.07, 6.45) is 4.39. The fourth-order valence-corrected chi connectivity index (χ4v) is 3.12. The van der Waals surface area contributed by atoms with E-state index in [-0.39, 0.29) is 5.56 Å². The molecule has 1 aromatic heterocycles. The maximum atomic E-state index is 12.1. The second kappa shape index (κ2) is 7.55. The van der Waals surface area contributed by atoms with Gasteiger partial charge in [-0.15, -0.1) is 0 Å². The van der Waals surface area contributed by atoms with Crippen molar-refractivity contribution in [1.29, 1.82) is 0 Å². The Morgan fingerprint density at radius 1 is 1.37 bits per heavy atom. The SMILES string of the molecule is CCCn1ccnc(NCCN2CCSCC2)c1=O. The van der Waals surface area contributed by atoms with Crippen LogP contribution < -0.4 is 10.9 Å². The van der Waals surface area contributed by atoms with Gasteiger partial charge in [-0.25, -0.2) is 4.98 Å². The van der Waals surface area contributed by atoms with Crippen LogP contribution in [-0.2, 0) is 6.54 Å². The third kappa shape index (κ3) is 4.24. The lowest BCUT2D eigenvalue weighted by Crippen LogP contribution is -2.36. The van der Waals surface area contributed by atoms with Gasteiger partial charge in [0, 0.05) is 56.6 Å². The third-order valence-electron chi connectivity index (χ3n) is 3.20. The summed E-state index contributed by atoms with van der Waals surface area (Å²) >= 11 is 2.01. The topological polar surface area (TPSA) is 50.2 Å². The highest BCUT2D eigenvalue weighted by molar-refractivity contribution is 7.99. The molecule has 0 aliphatic carbocycles. The van der Waals surface area contributed by atoms with Crippen molar-refractivity contribution in [3.05, 3.63) is 22.7 Å². The summed E-state index contributed by atoms with van der Waals surface area (Å²) in [5, 5.41) is 3.17. The molecule has 1 saturated heterocycles. The lowest BCUT2D eigenvalue weighted by Gasteiger charge is -2.26. The van der Waals surface area contributed by atoms with Crippen LogP contribution in [0.4, 0.5) is 5.82 Å². The molecule has 5 nitrogen and oxygen atoms in total. The van der Waals surface area contributed by atoms with Gasteiger partial charge in [-0.1, -0.05) is 6.92 Å². The Labute approximate surface area is 118 Å². The van der Waals surface area contributed by atoms with Crippen molar-refractivity contribution >= 4 is 17.6 Å². The van der Waals surface area contributed by atoms with Crippen LogP contribution in [0.1, 0.15) is 13.3 Å². The molecule has 1 aliphatic heterocycles. The van der Waals surface area contributed by atoms with E-state index in [4.69, 9.17) is 0 Å². The Hall–Kier alpha value is -1.01. The van der Waals surface area contributed by atoms with Crippen molar-refractivity contribution in [1.82, 2.24) is 14.5 Å². The smallest absolute Gasteiger partial charge is 0.293 e. The Morgan fingerprint density at radius 3 is 2.89 bits per heavy atom. The predicted octanol–water partition coefficient (Wildman–Crippen LogP) is 1.11. The van der Waals surface area contributed by atoms with Crippen molar-refractivity contribution in [3.63, 3.8) is 0 Å². The molecule has 0 bridgehead atoms. The van der Waals surface area contributed by atoms with E-state index in [1.54, 1.807) is 17.0 Å². The minimum absolute atomic E-state index is 0.0152. The van der Waals surface area contributed by atoms with Gasteiger partial charge < -0.3 is 9.88 Å². The molecule has 1 aromatic rings. The molecule has 0 amide bonds. The number of nitrogens with one attached hydrogen (secondary N) is 1. The minimum Gasteiger partial charge on any atom is -0.364 e. The quantitative estimate of drug-likeness (QED) is 0.847. The van der Waals surface area contributed by atoms with Gasteiger partial charge in [0.15, 0.2) is 5.82 Å². The number of hydrogen-bond acceptors (Lipinski definition) is 5. The number of aryl methyl sites for hydroxylation is 1. The van der Waals surface area contributed by atoms with E-state index in [2.05, 4.69) is 22.1 Å². The number of rotatable bonds is 6. The van der Waals surface area contributed by atoms with Crippen LogP contribution in [0.2, 0.25) is 0 Å². The highest BCUT2D eigenvalue weighted by Crippen LogP contribution is 2.08. The van der Waals surface area contributed by atoms with Crippen LogP contribution in [0.25, 0.3) is 0 Å². The van der Waals surface area contributed by atoms with Gasteiger partial charge in [0.2, 0.25) is 0 Å². The Morgan fingerprint density at radius 2 is 2.16 bits per heavy atom. The molecule has 0 atom stereocenters. The second-order valence-corrected chi connectivity index (χ2v) is 5.88. The molecule has 2 heterocycles. The predicted molar refractivity (Wildman–Crippen MR) is 81.0 cm³/mol. The zero-order chi connectivity index (χ0) is 13.5. The van der Waals surface area contributed by atoms with E-state index in [0.717, 1.165) is 39.1 Å². The molecule has 6 heteroatoms. The van der Waals surface area contributed by atoms with Gasteiger partial charge >= 0.3 is 0 Å². The van der Waals surface area contributed by atoms with Crippen molar-refractivity contribution in [2.24, 2.45) is 0 Å². The highest BCUT2D eigenvalue weighted by atomic mass is 32.2. The standard InChI is InChI=1S/C13H22N4OS/c1-2-5-17-7-4-15-12(13(17)18)14-3-6-16-8-10-19-11-9-16/h4,7H,2-3,5-6,8-11H2,1H3,(H,14,15). The fourth-order valence-electron chi connectivity index (χ4n) is 2.14. The van der Waals surface area contributed by atoms with Crippen molar-refractivity contribution < 1.29 is 0 Å². The Balaban J connectivity index is 1.85. The maximum absolute atomic E-state index is 12.1. The van der Waals surface area contributed by atoms with Crippen LogP contribution in [0.5, 0.6) is 0 Å². The first-order chi connectivity index (χ1) is 9.31. The molecule has 0 unspecified atom stereocenters. The van der Waals surface area contributed by atoms with Crippen LogP contribution >= 0.6 is 11.8 Å². The van der Waals surface area contributed by atoms with Crippen molar-refractivity contribution in [3.8, 4) is 0 Å². The first kappa shape index (κ1) is 14.4. The van der Waals surface area contributed by atoms with Crippen LogP contribution in [0.15, 0.2) is 17.2 Å². The van der Waals surface area contributed by atoms with Crippen LogP contribution in [0.3, 0.4) is 0 Å². The van der Waals surface area contributed by atoms with Crippen molar-refractivity contribution in [2.75, 3.05) is 43.0 Å². The normalized spacial score (nSPS) is 16.5. The van der Waals surface area contributed by atoms with Gasteiger partial charge in [0.05, 0.1) is 0 Å². The monoisotopic (exact) mass is 282 g/mol. The number of nitrogens with zero attached hydrogens (tertiary/aromatic N) is 3. The summed E-state index contributed by atoms with van der Waals surface area (Å²) < 4.78 is 1.72. The van der Waals surface area contributed by atoms with Gasteiger partial charge in [-0.3, -0.25) is 9.69 Å². The van der Waals surface area contributed by atoms with Crippen LogP contribution in [0, 0.1) is 0 Å². The zero-order valence-electron chi connectivity index (χ0n) is 11.5. The van der Waals surface area contributed by atoms with Crippen LogP contribution in [-0.4, -0.2) is 52.1 Å². The first-order valence-electron chi connectivity index (χ1n) is 6.90. The van der Waals surface area contributed by atoms with E-state index in [0.29, 0.717) is 5.82 Å². The second-order valence-electron chi connectivity index (χ2n) is 4.66. The summed E-state index contributed by atoms with van der Waals surface area (Å²) in [6, 6.07) is 0. The van der Waals surface area contributed by atoms with Gasteiger partial charge in [-0.2, -0.15) is 11.8 Å². The lowest BCUT2D eigenvalue weighted by atomic mass is 10.4. The van der Waals surface area contributed by atoms with E-state index in [1.807, 2.05) is 11.8 Å². The average molecular weight is 282 g/mol. The molecule has 1 N–H and O–H groups in total. The maximum Gasteiger partial charge on any atom is 0.293 e. The molecule has 0 radical (unpaired) electrons. The minimum atomic E-state index is -0.0152. The molecule has 106 valence electrons. The van der Waals surface area contributed by atoms with Gasteiger partial charge in [0.25, 0.3) is 5.56 Å². The molecule has 0 saturated carbocycles. The summed E-state index contributed by atoms with van der Waals surface area (Å²) in [4.78, 5) is 18.6. The van der Waals surface area contributed by atoms with Crippen molar-refractivity contribution in [2.45, 2.75) is 19.9 Å². The average Bonchev–Trinajstić information content (AvgIpc) is 2.44. The fraction of sp³-hybridized carbons (Fsp3) is 0.692. The number of thioether (sulfide) groups is 1. The summed E-state index contributed by atoms with van der Waals surface area (Å²) in [7, 11) is 0. The first-order valence-corrected chi connectivity index (χ1v) is 8.06. The Bertz CT molecular complexity index is 443. The summed E-state index contributed by atoms with van der Waals surface area (Å²) in [6.45, 7) is 6.87. The van der Waals surface area contributed by atoms with Gasteiger partial charge in [0.1, 0.15) is 0 Å². The largest absolute Gasteiger partial charge is 0.364 e. The molecular formula is C13H22N4OS. The molecule has 1 aliphatic rings. The van der Waals surface area contributed by atoms with E-state index < -0.39 is 0 Å². The van der Waals surface area contributed by atoms with E-state index in [1.165, 1.54) is 11.5 Å². The molecule has 0 aromatic carbocycles. The summed E-state index contributed by atoms with van der Waals surface area (Å²) in [5.74, 6) is 2.90. The zero-order valence-corrected chi connectivity index (χ0v) is 12.3. The summed E-state index contributed by atoms with van der Waals surface area (Å²) in [5.41, 5.74) is -0.0152. The number of aromatic nitrogens is 2.